The number of hydrogen-bond acceptors (Lipinski definition) is 3. The first-order valence-corrected chi connectivity index (χ1v) is 6.58. The smallest absolute Gasteiger partial charge is 0.413 e. The third-order valence-corrected chi connectivity index (χ3v) is 3.53. The summed E-state index contributed by atoms with van der Waals surface area (Å²) in [6, 6.07) is -0.636. The molecule has 2 N–H and O–H groups in total. The van der Waals surface area contributed by atoms with Crippen LogP contribution >= 0.6 is 11.6 Å². The molecule has 0 bridgehead atoms. The molecular weight excluding hydrogens is 311 g/mol. The molecule has 0 radical (unpaired) electrons. The maximum atomic E-state index is 13.4. The van der Waals surface area contributed by atoms with Crippen LogP contribution in [0, 0.1) is 0 Å². The number of pyridine rings is 1. The van der Waals surface area contributed by atoms with Crippen molar-refractivity contribution in [3.8, 4) is 0 Å². The number of halogens is 4. The number of aromatic nitrogens is 1. The van der Waals surface area contributed by atoms with Crippen LogP contribution in [0.25, 0.3) is 0 Å². The molecule has 5 nitrogen and oxygen atoms in total. The molecule has 1 aromatic rings. The number of hydrogen-bond donors (Lipinski definition) is 2. The Morgan fingerprint density at radius 1 is 1.52 bits per heavy atom. The highest BCUT2D eigenvalue weighted by atomic mass is 35.5. The molecule has 1 aromatic heterocycles. The number of alkyl halides is 3. The van der Waals surface area contributed by atoms with E-state index in [1.54, 1.807) is 0 Å². The van der Waals surface area contributed by atoms with Gasteiger partial charge in [0.2, 0.25) is 0 Å². The lowest BCUT2D eigenvalue weighted by Crippen LogP contribution is -2.48. The van der Waals surface area contributed by atoms with Crippen LogP contribution in [0.2, 0.25) is 5.15 Å². The van der Waals surface area contributed by atoms with Gasteiger partial charge in [-0.15, -0.1) is 0 Å². The zero-order chi connectivity index (χ0) is 15.6. The minimum absolute atomic E-state index is 0.0454. The van der Waals surface area contributed by atoms with Crippen molar-refractivity contribution in [2.75, 3.05) is 13.1 Å². The molecule has 2 heterocycles. The fraction of sp³-hybridized carbons (Fsp3) is 0.500. The van der Waals surface area contributed by atoms with Crippen molar-refractivity contribution in [1.82, 2.24) is 15.2 Å². The van der Waals surface area contributed by atoms with E-state index < -0.39 is 24.4 Å². The average Bonchev–Trinajstić information content (AvgIpc) is 2.89. The fourth-order valence-electron chi connectivity index (χ4n) is 2.41. The number of nitrogens with one attached hydrogen (secondary N) is 1. The summed E-state index contributed by atoms with van der Waals surface area (Å²) >= 11 is 5.57. The maximum Gasteiger partial charge on any atom is 0.413 e. The van der Waals surface area contributed by atoms with Crippen molar-refractivity contribution in [3.63, 3.8) is 0 Å². The van der Waals surface area contributed by atoms with Crippen LogP contribution in [0.15, 0.2) is 18.3 Å². The van der Waals surface area contributed by atoms with Crippen molar-refractivity contribution >= 4 is 17.7 Å². The number of carbonyl (C=O) groups is 1. The Kier molecular flexibility index (Phi) is 4.58. The minimum atomic E-state index is -4.74. The first kappa shape index (κ1) is 15.8. The molecule has 0 spiro atoms. The zero-order valence-electron chi connectivity index (χ0n) is 10.8. The lowest BCUT2D eigenvalue weighted by molar-refractivity contribution is -0.185. The van der Waals surface area contributed by atoms with Gasteiger partial charge in [0.25, 0.3) is 0 Å². The molecule has 1 unspecified atom stereocenters. The Labute approximate surface area is 123 Å². The van der Waals surface area contributed by atoms with Crippen LogP contribution in [0.3, 0.4) is 0 Å². The lowest BCUT2D eigenvalue weighted by Gasteiger charge is -2.35. The third-order valence-electron chi connectivity index (χ3n) is 3.30. The molecule has 2 rings (SSSR count). The molecule has 1 saturated heterocycles. The molecule has 1 aliphatic rings. The zero-order valence-corrected chi connectivity index (χ0v) is 11.5. The van der Waals surface area contributed by atoms with E-state index in [1.165, 1.54) is 6.07 Å². The van der Waals surface area contributed by atoms with Gasteiger partial charge in [0.1, 0.15) is 5.15 Å². The maximum absolute atomic E-state index is 13.4. The van der Waals surface area contributed by atoms with Gasteiger partial charge in [-0.05, 0) is 19.0 Å². The quantitative estimate of drug-likeness (QED) is 0.839. The summed E-state index contributed by atoms with van der Waals surface area (Å²) in [6.07, 6.45) is -5.06. The Morgan fingerprint density at radius 2 is 2.24 bits per heavy atom. The van der Waals surface area contributed by atoms with E-state index in [2.05, 4.69) is 10.3 Å². The fourth-order valence-corrected chi connectivity index (χ4v) is 2.52. The first-order chi connectivity index (χ1) is 9.80. The van der Waals surface area contributed by atoms with Crippen LogP contribution < -0.4 is 5.32 Å². The van der Waals surface area contributed by atoms with E-state index in [9.17, 15) is 23.1 Å². The van der Waals surface area contributed by atoms with Gasteiger partial charge in [-0.2, -0.15) is 13.2 Å². The third kappa shape index (κ3) is 3.56. The number of nitrogens with zero attached hydrogens (tertiary/aromatic N) is 2. The normalized spacial score (nSPS) is 20.3. The topological polar surface area (TPSA) is 65.5 Å². The van der Waals surface area contributed by atoms with Gasteiger partial charge in [0, 0.05) is 24.3 Å². The number of carboxylic acid groups (broad SMARTS) is 1. The summed E-state index contributed by atoms with van der Waals surface area (Å²) in [5.41, 5.74) is -0.249. The van der Waals surface area contributed by atoms with Crippen LogP contribution in [0.5, 0.6) is 0 Å². The van der Waals surface area contributed by atoms with E-state index in [1.807, 2.05) is 0 Å². The van der Waals surface area contributed by atoms with E-state index in [-0.39, 0.29) is 17.3 Å². The van der Waals surface area contributed by atoms with E-state index in [0.717, 1.165) is 12.3 Å². The Morgan fingerprint density at radius 3 is 2.67 bits per heavy atom. The molecule has 1 aliphatic heterocycles. The Bertz CT molecular complexity index is 503. The predicted molar refractivity (Wildman–Crippen MR) is 69.2 cm³/mol. The number of amides is 1. The van der Waals surface area contributed by atoms with E-state index >= 15 is 0 Å². The second kappa shape index (κ2) is 6.07. The van der Waals surface area contributed by atoms with E-state index in [4.69, 9.17) is 11.6 Å². The van der Waals surface area contributed by atoms with Crippen molar-refractivity contribution in [2.24, 2.45) is 0 Å². The number of rotatable bonds is 3. The second-order valence-electron chi connectivity index (χ2n) is 4.69. The largest absolute Gasteiger partial charge is 0.465 e. The van der Waals surface area contributed by atoms with Crippen molar-refractivity contribution in [2.45, 2.75) is 24.7 Å². The minimum Gasteiger partial charge on any atom is -0.465 e. The Hall–Kier alpha value is -1.54. The van der Waals surface area contributed by atoms with Crippen molar-refractivity contribution in [3.05, 3.63) is 29.0 Å². The lowest BCUT2D eigenvalue weighted by atomic mass is 10.0. The molecule has 1 amide bonds. The van der Waals surface area contributed by atoms with Crippen LogP contribution in [0.1, 0.15) is 18.0 Å². The summed E-state index contributed by atoms with van der Waals surface area (Å²) in [6.45, 7) is 0.678. The highest BCUT2D eigenvalue weighted by Gasteiger charge is 2.49. The molecule has 1 fully saturated rings. The van der Waals surface area contributed by atoms with Gasteiger partial charge in [-0.1, -0.05) is 17.7 Å². The van der Waals surface area contributed by atoms with Gasteiger partial charge < -0.3 is 10.4 Å². The highest BCUT2D eigenvalue weighted by molar-refractivity contribution is 6.29. The molecular formula is C12H13ClF3N3O2. The predicted octanol–water partition coefficient (Wildman–Crippen LogP) is 2.68. The van der Waals surface area contributed by atoms with Crippen LogP contribution in [-0.4, -0.2) is 46.4 Å². The van der Waals surface area contributed by atoms with Gasteiger partial charge in [0.15, 0.2) is 6.04 Å². The monoisotopic (exact) mass is 323 g/mol. The van der Waals surface area contributed by atoms with Gasteiger partial charge in [-0.3, -0.25) is 4.90 Å². The highest BCUT2D eigenvalue weighted by Crippen LogP contribution is 2.39. The van der Waals surface area contributed by atoms with E-state index in [0.29, 0.717) is 17.9 Å². The first-order valence-electron chi connectivity index (χ1n) is 6.21. The second-order valence-corrected chi connectivity index (χ2v) is 5.08. The van der Waals surface area contributed by atoms with Gasteiger partial charge >= 0.3 is 12.3 Å². The summed E-state index contributed by atoms with van der Waals surface area (Å²) in [7, 11) is 0. The molecule has 0 aliphatic carbocycles. The summed E-state index contributed by atoms with van der Waals surface area (Å²) in [4.78, 5) is 15.4. The SMILES string of the molecule is O=C(O)N(C1CCNC1)[C@@H](c1ccc(Cl)nc1)C(F)(F)F. The molecule has 0 saturated carbocycles. The summed E-state index contributed by atoms with van der Waals surface area (Å²) < 4.78 is 40.2. The van der Waals surface area contributed by atoms with Crippen LogP contribution in [-0.2, 0) is 0 Å². The van der Waals surface area contributed by atoms with Crippen molar-refractivity contribution < 1.29 is 23.1 Å². The summed E-state index contributed by atoms with van der Waals surface area (Å²) in [5, 5.41) is 12.1. The molecule has 2 atom stereocenters. The van der Waals surface area contributed by atoms with Gasteiger partial charge in [-0.25, -0.2) is 9.78 Å². The van der Waals surface area contributed by atoms with Crippen molar-refractivity contribution in [1.29, 1.82) is 0 Å². The molecule has 21 heavy (non-hydrogen) atoms. The average molecular weight is 324 g/mol. The molecule has 9 heteroatoms. The molecule has 116 valence electrons. The van der Waals surface area contributed by atoms with Gasteiger partial charge in [0.05, 0.1) is 0 Å². The standard InChI is InChI=1S/C12H13ClF3N3O2/c13-9-2-1-7(5-18-9)10(12(14,15)16)19(11(20)21)8-3-4-17-6-8/h1-2,5,8,10,17H,3-4,6H2,(H,20,21)/t8?,10-/m0/s1. The molecule has 0 aromatic carbocycles. The van der Waals surface area contributed by atoms with Crippen LogP contribution in [0.4, 0.5) is 18.0 Å². The summed E-state index contributed by atoms with van der Waals surface area (Å²) in [5.74, 6) is 0. The Balaban J connectivity index is 2.42.